The minimum absolute atomic E-state index is 0. The van der Waals surface area contributed by atoms with Gasteiger partial charge in [-0.05, 0) is 81.1 Å². The molecular weight excluding hydrogens is 507 g/mol. The number of nitrogens with zero attached hydrogens (tertiary/aromatic N) is 2. The highest BCUT2D eigenvalue weighted by atomic mass is 35.5. The number of benzene rings is 2. The molecule has 0 radical (unpaired) electrons. The molecule has 1 aliphatic heterocycles. The van der Waals surface area contributed by atoms with Crippen LogP contribution in [-0.2, 0) is 9.53 Å². The van der Waals surface area contributed by atoms with Crippen LogP contribution in [0.2, 0.25) is 10.0 Å². The monoisotopic (exact) mass is 540 g/mol. The number of piperidine rings is 1. The minimum atomic E-state index is -0.207. The summed E-state index contributed by atoms with van der Waals surface area (Å²) in [4.78, 5) is 28.2. The maximum atomic E-state index is 12.9. The van der Waals surface area contributed by atoms with Gasteiger partial charge in [-0.15, -0.1) is 12.4 Å². The molecule has 1 atom stereocenters. The van der Waals surface area contributed by atoms with Crippen LogP contribution in [0.15, 0.2) is 48.5 Å². The Bertz CT molecular complexity index is 950. The van der Waals surface area contributed by atoms with E-state index in [0.717, 1.165) is 50.9 Å². The zero-order chi connectivity index (χ0) is 24.5. The van der Waals surface area contributed by atoms with Crippen molar-refractivity contribution in [2.45, 2.75) is 38.5 Å². The molecular formula is C27H35Cl3N2O3. The maximum absolute atomic E-state index is 12.9. The van der Waals surface area contributed by atoms with Crippen LogP contribution in [0.25, 0.3) is 0 Å². The number of hydrogen-bond acceptors (Lipinski definition) is 4. The molecule has 8 heteroatoms. The van der Waals surface area contributed by atoms with Crippen LogP contribution in [0.5, 0.6) is 0 Å². The van der Waals surface area contributed by atoms with Gasteiger partial charge in [-0.25, -0.2) is 0 Å². The smallest absolute Gasteiger partial charge is 0.302 e. The number of ether oxygens (including phenoxy) is 1. The molecule has 0 aromatic heterocycles. The van der Waals surface area contributed by atoms with Crippen LogP contribution >= 0.6 is 35.6 Å². The number of halogens is 3. The van der Waals surface area contributed by atoms with Crippen LogP contribution in [0, 0.1) is 5.92 Å². The molecule has 1 amide bonds. The normalized spacial score (nSPS) is 15.2. The molecule has 35 heavy (non-hydrogen) atoms. The summed E-state index contributed by atoms with van der Waals surface area (Å²) in [5.41, 5.74) is 1.78. The first-order chi connectivity index (χ1) is 16.3. The lowest BCUT2D eigenvalue weighted by atomic mass is 9.92. The molecule has 0 bridgehead atoms. The van der Waals surface area contributed by atoms with Crippen molar-refractivity contribution < 1.29 is 14.3 Å². The summed E-state index contributed by atoms with van der Waals surface area (Å²) in [5.74, 6) is 0.561. The van der Waals surface area contributed by atoms with Crippen LogP contribution in [0.3, 0.4) is 0 Å². The molecule has 0 aliphatic carbocycles. The third-order valence-corrected chi connectivity index (χ3v) is 7.35. The molecule has 0 N–H and O–H groups in total. The number of likely N-dealkylation sites (N-methyl/N-ethyl adjacent to an activating group) is 1. The SMILES string of the molecule is CC(=O)OCCC1CCN(CCC(CN(C)C(=O)c2ccccc2)c2ccc(Cl)c(Cl)c2)CC1.Cl. The van der Waals surface area contributed by atoms with Crippen molar-refractivity contribution in [1.82, 2.24) is 9.80 Å². The Labute approximate surface area is 225 Å². The molecule has 1 aliphatic rings. The number of hydrogen-bond donors (Lipinski definition) is 0. The number of carbonyl (C=O) groups is 2. The zero-order valence-electron chi connectivity index (χ0n) is 20.4. The van der Waals surface area contributed by atoms with E-state index in [2.05, 4.69) is 4.90 Å². The van der Waals surface area contributed by atoms with Crippen molar-refractivity contribution in [3.8, 4) is 0 Å². The van der Waals surface area contributed by atoms with E-state index in [1.807, 2.05) is 55.6 Å². The third kappa shape index (κ3) is 9.30. The quantitative estimate of drug-likeness (QED) is 0.330. The Morgan fingerprint density at radius 3 is 2.40 bits per heavy atom. The van der Waals surface area contributed by atoms with Gasteiger partial charge in [0.2, 0.25) is 0 Å². The van der Waals surface area contributed by atoms with Crippen molar-refractivity contribution in [3.05, 3.63) is 69.7 Å². The lowest BCUT2D eigenvalue weighted by molar-refractivity contribution is -0.141. The lowest BCUT2D eigenvalue weighted by Crippen LogP contribution is -2.37. The topological polar surface area (TPSA) is 49.9 Å². The standard InChI is InChI=1S/C27H34Cl2N2O3.ClH/c1-20(32)34-17-13-21-10-14-31(15-11-21)16-12-24(23-8-9-25(28)26(29)18-23)19-30(2)27(33)22-6-4-3-5-7-22;/h3-9,18,21,24H,10-17,19H2,1-2H3;1H. The molecule has 5 nitrogen and oxygen atoms in total. The van der Waals surface area contributed by atoms with Crippen LogP contribution in [0.4, 0.5) is 0 Å². The molecule has 2 aromatic rings. The average molecular weight is 542 g/mol. The zero-order valence-corrected chi connectivity index (χ0v) is 22.7. The largest absolute Gasteiger partial charge is 0.466 e. The fourth-order valence-corrected chi connectivity index (χ4v) is 4.86. The summed E-state index contributed by atoms with van der Waals surface area (Å²) < 4.78 is 5.10. The summed E-state index contributed by atoms with van der Waals surface area (Å²) in [5, 5.41) is 1.07. The average Bonchev–Trinajstić information content (AvgIpc) is 2.84. The number of amides is 1. The van der Waals surface area contributed by atoms with Crippen LogP contribution in [-0.4, -0.2) is 61.5 Å². The number of rotatable bonds is 10. The summed E-state index contributed by atoms with van der Waals surface area (Å²) in [6.07, 6.45) is 4.09. The van der Waals surface area contributed by atoms with Gasteiger partial charge in [0.25, 0.3) is 5.91 Å². The van der Waals surface area contributed by atoms with E-state index in [1.165, 1.54) is 6.92 Å². The molecule has 1 heterocycles. The van der Waals surface area contributed by atoms with Crippen molar-refractivity contribution in [2.24, 2.45) is 5.92 Å². The second-order valence-corrected chi connectivity index (χ2v) is 9.94. The molecule has 2 aromatic carbocycles. The van der Waals surface area contributed by atoms with E-state index in [4.69, 9.17) is 27.9 Å². The highest BCUT2D eigenvalue weighted by Gasteiger charge is 2.23. The van der Waals surface area contributed by atoms with Crippen molar-refractivity contribution in [1.29, 1.82) is 0 Å². The summed E-state index contributed by atoms with van der Waals surface area (Å²) in [6, 6.07) is 15.1. The van der Waals surface area contributed by atoms with Crippen LogP contribution in [0.1, 0.15) is 54.4 Å². The van der Waals surface area contributed by atoms with Gasteiger partial charge in [0.15, 0.2) is 0 Å². The molecule has 3 rings (SSSR count). The Morgan fingerprint density at radius 1 is 1.09 bits per heavy atom. The second-order valence-electron chi connectivity index (χ2n) is 9.12. The first kappa shape index (κ1) is 29.4. The third-order valence-electron chi connectivity index (χ3n) is 6.61. The van der Waals surface area contributed by atoms with Gasteiger partial charge in [0, 0.05) is 32.0 Å². The van der Waals surface area contributed by atoms with Gasteiger partial charge in [0.1, 0.15) is 0 Å². The number of likely N-dealkylation sites (tertiary alicyclic amines) is 1. The molecule has 1 fully saturated rings. The number of esters is 1. The predicted octanol–water partition coefficient (Wildman–Crippen LogP) is 6.33. The molecule has 0 saturated carbocycles. The lowest BCUT2D eigenvalue weighted by Gasteiger charge is -2.33. The first-order valence-electron chi connectivity index (χ1n) is 11.9. The van der Waals surface area contributed by atoms with Gasteiger partial charge >= 0.3 is 5.97 Å². The Balaban J connectivity index is 0.00000432. The summed E-state index contributed by atoms with van der Waals surface area (Å²) >= 11 is 12.5. The maximum Gasteiger partial charge on any atom is 0.302 e. The Kier molecular flexibility index (Phi) is 12.4. The highest BCUT2D eigenvalue weighted by Crippen LogP contribution is 2.30. The summed E-state index contributed by atoms with van der Waals surface area (Å²) in [7, 11) is 1.86. The van der Waals surface area contributed by atoms with E-state index >= 15 is 0 Å². The molecule has 0 spiro atoms. The minimum Gasteiger partial charge on any atom is -0.466 e. The Morgan fingerprint density at radius 2 is 1.77 bits per heavy atom. The second kappa shape index (κ2) is 14.7. The fourth-order valence-electron chi connectivity index (χ4n) is 4.55. The van der Waals surface area contributed by atoms with E-state index in [0.29, 0.717) is 34.7 Å². The Hall–Kier alpha value is -1.79. The fraction of sp³-hybridized carbons (Fsp3) is 0.481. The van der Waals surface area contributed by atoms with Gasteiger partial charge in [0.05, 0.1) is 16.7 Å². The van der Waals surface area contributed by atoms with Crippen molar-refractivity contribution >= 4 is 47.5 Å². The van der Waals surface area contributed by atoms with Crippen molar-refractivity contribution in [2.75, 3.05) is 39.8 Å². The molecule has 192 valence electrons. The number of carbonyl (C=O) groups excluding carboxylic acids is 2. The van der Waals surface area contributed by atoms with Crippen molar-refractivity contribution in [3.63, 3.8) is 0 Å². The van der Waals surface area contributed by atoms with Gasteiger partial charge < -0.3 is 14.5 Å². The van der Waals surface area contributed by atoms with E-state index in [9.17, 15) is 9.59 Å². The molecule has 1 unspecified atom stereocenters. The predicted molar refractivity (Wildman–Crippen MR) is 145 cm³/mol. The van der Waals surface area contributed by atoms with E-state index < -0.39 is 0 Å². The summed E-state index contributed by atoms with van der Waals surface area (Å²) in [6.45, 7) is 5.60. The van der Waals surface area contributed by atoms with Gasteiger partial charge in [-0.2, -0.15) is 0 Å². The van der Waals surface area contributed by atoms with E-state index in [-0.39, 0.29) is 30.2 Å². The molecule has 1 saturated heterocycles. The van der Waals surface area contributed by atoms with E-state index in [1.54, 1.807) is 4.90 Å². The first-order valence-corrected chi connectivity index (χ1v) is 12.7. The van der Waals surface area contributed by atoms with Crippen LogP contribution < -0.4 is 0 Å². The van der Waals surface area contributed by atoms with Gasteiger partial charge in [-0.3, -0.25) is 9.59 Å². The van der Waals surface area contributed by atoms with Gasteiger partial charge in [-0.1, -0.05) is 47.5 Å². The highest BCUT2D eigenvalue weighted by molar-refractivity contribution is 6.42.